The lowest BCUT2D eigenvalue weighted by Gasteiger charge is -2.14. The molecule has 1 fully saturated rings. The standard InChI is InChI=1S/C14H28O/c1-2-3-4-5-6-11-14(15)12-13-9-7-8-10-13/h13-15H,2-12H2,1H3. The molecule has 15 heavy (non-hydrogen) atoms. The summed E-state index contributed by atoms with van der Waals surface area (Å²) in [5, 5.41) is 9.87. The fourth-order valence-electron chi connectivity index (χ4n) is 2.73. The molecule has 90 valence electrons. The lowest BCUT2D eigenvalue weighted by Crippen LogP contribution is -2.11. The quantitative estimate of drug-likeness (QED) is 0.595. The summed E-state index contributed by atoms with van der Waals surface area (Å²) in [6.45, 7) is 2.24. The van der Waals surface area contributed by atoms with Crippen molar-refractivity contribution in [3.8, 4) is 0 Å². The van der Waals surface area contributed by atoms with E-state index in [-0.39, 0.29) is 6.10 Å². The molecule has 0 heterocycles. The Hall–Kier alpha value is -0.0400. The Labute approximate surface area is 95.3 Å². The Morgan fingerprint density at radius 3 is 2.40 bits per heavy atom. The molecule has 1 aliphatic carbocycles. The van der Waals surface area contributed by atoms with E-state index in [1.54, 1.807) is 0 Å². The first kappa shape index (κ1) is 13.0. The van der Waals surface area contributed by atoms with E-state index >= 15 is 0 Å². The number of aliphatic hydroxyl groups excluding tert-OH is 1. The molecule has 0 spiro atoms. The first-order chi connectivity index (χ1) is 7.33. The Kier molecular flexibility index (Phi) is 7.08. The second-order valence-electron chi connectivity index (χ2n) is 5.24. The minimum Gasteiger partial charge on any atom is -0.393 e. The zero-order chi connectivity index (χ0) is 10.9. The monoisotopic (exact) mass is 212 g/mol. The molecule has 0 aromatic rings. The van der Waals surface area contributed by atoms with Crippen LogP contribution < -0.4 is 0 Å². The normalized spacial score (nSPS) is 19.6. The average molecular weight is 212 g/mol. The summed E-state index contributed by atoms with van der Waals surface area (Å²) in [6.07, 6.45) is 14.2. The lowest BCUT2D eigenvalue weighted by atomic mass is 9.96. The van der Waals surface area contributed by atoms with Gasteiger partial charge in [0.05, 0.1) is 6.10 Å². The molecule has 0 radical (unpaired) electrons. The van der Waals surface area contributed by atoms with Gasteiger partial charge in [0.2, 0.25) is 0 Å². The SMILES string of the molecule is CCCCCCCC(O)CC1CCCC1. The van der Waals surface area contributed by atoms with Gasteiger partial charge in [-0.1, -0.05) is 64.7 Å². The van der Waals surface area contributed by atoms with Crippen LogP contribution in [0.2, 0.25) is 0 Å². The summed E-state index contributed by atoms with van der Waals surface area (Å²) in [5.41, 5.74) is 0. The van der Waals surface area contributed by atoms with Crippen LogP contribution in [0.1, 0.15) is 77.6 Å². The van der Waals surface area contributed by atoms with E-state index < -0.39 is 0 Å². The van der Waals surface area contributed by atoms with E-state index in [9.17, 15) is 5.11 Å². The van der Waals surface area contributed by atoms with E-state index in [0.29, 0.717) is 0 Å². The fraction of sp³-hybridized carbons (Fsp3) is 1.00. The molecule has 0 bridgehead atoms. The Morgan fingerprint density at radius 2 is 1.73 bits per heavy atom. The number of hydrogen-bond donors (Lipinski definition) is 1. The molecular weight excluding hydrogens is 184 g/mol. The second kappa shape index (κ2) is 8.15. The Balaban J connectivity index is 1.91. The smallest absolute Gasteiger partial charge is 0.0542 e. The van der Waals surface area contributed by atoms with Crippen molar-refractivity contribution in [2.45, 2.75) is 83.7 Å². The van der Waals surface area contributed by atoms with Crippen molar-refractivity contribution >= 4 is 0 Å². The molecule has 0 aromatic heterocycles. The van der Waals surface area contributed by atoms with Crippen molar-refractivity contribution in [2.24, 2.45) is 5.92 Å². The van der Waals surface area contributed by atoms with Crippen LogP contribution in [-0.2, 0) is 0 Å². The highest BCUT2D eigenvalue weighted by atomic mass is 16.3. The zero-order valence-electron chi connectivity index (χ0n) is 10.4. The molecule has 1 saturated carbocycles. The van der Waals surface area contributed by atoms with Crippen LogP contribution >= 0.6 is 0 Å². The molecule has 0 aromatic carbocycles. The van der Waals surface area contributed by atoms with Crippen LogP contribution in [0.4, 0.5) is 0 Å². The molecule has 1 rings (SSSR count). The minimum absolute atomic E-state index is 0.00488. The maximum absolute atomic E-state index is 9.87. The molecule has 0 aliphatic heterocycles. The largest absolute Gasteiger partial charge is 0.393 e. The Bertz CT molecular complexity index is 138. The van der Waals surface area contributed by atoms with Crippen LogP contribution in [0, 0.1) is 5.92 Å². The predicted molar refractivity (Wildman–Crippen MR) is 66.0 cm³/mol. The molecule has 1 unspecified atom stereocenters. The van der Waals surface area contributed by atoms with Gasteiger partial charge < -0.3 is 5.11 Å². The number of hydrogen-bond acceptors (Lipinski definition) is 1. The van der Waals surface area contributed by atoms with E-state index in [4.69, 9.17) is 0 Å². The topological polar surface area (TPSA) is 20.2 Å². The van der Waals surface area contributed by atoms with Gasteiger partial charge in [-0.15, -0.1) is 0 Å². The van der Waals surface area contributed by atoms with Crippen molar-refractivity contribution in [3.63, 3.8) is 0 Å². The third-order valence-corrected chi connectivity index (χ3v) is 3.72. The zero-order valence-corrected chi connectivity index (χ0v) is 10.4. The predicted octanol–water partition coefficient (Wildman–Crippen LogP) is 4.29. The third kappa shape index (κ3) is 6.19. The fourth-order valence-corrected chi connectivity index (χ4v) is 2.73. The molecule has 0 amide bonds. The van der Waals surface area contributed by atoms with Crippen LogP contribution in [0.25, 0.3) is 0 Å². The van der Waals surface area contributed by atoms with Gasteiger partial charge in [-0.05, 0) is 18.8 Å². The summed E-state index contributed by atoms with van der Waals surface area (Å²) in [7, 11) is 0. The van der Waals surface area contributed by atoms with Gasteiger partial charge in [0.25, 0.3) is 0 Å². The van der Waals surface area contributed by atoms with Crippen molar-refractivity contribution in [1.82, 2.24) is 0 Å². The summed E-state index contributed by atoms with van der Waals surface area (Å²) in [6, 6.07) is 0. The molecular formula is C14H28O. The molecule has 1 heteroatoms. The van der Waals surface area contributed by atoms with Gasteiger partial charge in [-0.25, -0.2) is 0 Å². The van der Waals surface area contributed by atoms with Crippen molar-refractivity contribution in [2.75, 3.05) is 0 Å². The van der Waals surface area contributed by atoms with Gasteiger partial charge in [0, 0.05) is 0 Å². The molecule has 1 atom stereocenters. The highest BCUT2D eigenvalue weighted by Gasteiger charge is 2.18. The maximum atomic E-state index is 9.87. The first-order valence-electron chi connectivity index (χ1n) is 7.01. The minimum atomic E-state index is -0.00488. The van der Waals surface area contributed by atoms with Crippen LogP contribution in [0.3, 0.4) is 0 Å². The van der Waals surface area contributed by atoms with E-state index in [0.717, 1.165) is 18.8 Å². The average Bonchev–Trinajstić information content (AvgIpc) is 2.70. The van der Waals surface area contributed by atoms with Crippen LogP contribution in [0.5, 0.6) is 0 Å². The molecule has 1 nitrogen and oxygen atoms in total. The van der Waals surface area contributed by atoms with Crippen molar-refractivity contribution in [1.29, 1.82) is 0 Å². The van der Waals surface area contributed by atoms with Gasteiger partial charge in [0.15, 0.2) is 0 Å². The maximum Gasteiger partial charge on any atom is 0.0542 e. The number of unbranched alkanes of at least 4 members (excludes halogenated alkanes) is 4. The van der Waals surface area contributed by atoms with Gasteiger partial charge in [-0.2, -0.15) is 0 Å². The first-order valence-corrected chi connectivity index (χ1v) is 7.01. The van der Waals surface area contributed by atoms with E-state index in [2.05, 4.69) is 6.92 Å². The highest BCUT2D eigenvalue weighted by Crippen LogP contribution is 2.29. The summed E-state index contributed by atoms with van der Waals surface area (Å²) < 4.78 is 0. The van der Waals surface area contributed by atoms with Crippen LogP contribution in [-0.4, -0.2) is 11.2 Å². The third-order valence-electron chi connectivity index (χ3n) is 3.72. The van der Waals surface area contributed by atoms with E-state index in [1.165, 1.54) is 57.8 Å². The van der Waals surface area contributed by atoms with Crippen molar-refractivity contribution < 1.29 is 5.11 Å². The van der Waals surface area contributed by atoms with Gasteiger partial charge >= 0.3 is 0 Å². The molecule has 1 aliphatic rings. The van der Waals surface area contributed by atoms with Crippen molar-refractivity contribution in [3.05, 3.63) is 0 Å². The molecule has 1 N–H and O–H groups in total. The lowest BCUT2D eigenvalue weighted by molar-refractivity contribution is 0.130. The number of aliphatic hydroxyl groups is 1. The Morgan fingerprint density at radius 1 is 1.07 bits per heavy atom. The number of rotatable bonds is 8. The van der Waals surface area contributed by atoms with Crippen LogP contribution in [0.15, 0.2) is 0 Å². The van der Waals surface area contributed by atoms with Gasteiger partial charge in [0.1, 0.15) is 0 Å². The summed E-state index contributed by atoms with van der Waals surface area (Å²) >= 11 is 0. The van der Waals surface area contributed by atoms with Gasteiger partial charge in [-0.3, -0.25) is 0 Å². The second-order valence-corrected chi connectivity index (χ2v) is 5.24. The highest BCUT2D eigenvalue weighted by molar-refractivity contribution is 4.71. The van der Waals surface area contributed by atoms with E-state index in [1.807, 2.05) is 0 Å². The summed E-state index contributed by atoms with van der Waals surface area (Å²) in [4.78, 5) is 0. The molecule has 0 saturated heterocycles. The summed E-state index contributed by atoms with van der Waals surface area (Å²) in [5.74, 6) is 0.843.